The summed E-state index contributed by atoms with van der Waals surface area (Å²) in [6.07, 6.45) is 5.00. The van der Waals surface area contributed by atoms with E-state index in [-0.39, 0.29) is 5.25 Å². The van der Waals surface area contributed by atoms with Gasteiger partial charge in [-0.3, -0.25) is 0 Å². The second-order valence-corrected chi connectivity index (χ2v) is 6.90. The third-order valence-electron chi connectivity index (χ3n) is 3.23. The van der Waals surface area contributed by atoms with E-state index in [4.69, 9.17) is 18.0 Å². The van der Waals surface area contributed by atoms with E-state index >= 15 is 0 Å². The van der Waals surface area contributed by atoms with Gasteiger partial charge in [-0.1, -0.05) is 25.1 Å². The van der Waals surface area contributed by atoms with E-state index in [0.29, 0.717) is 4.99 Å². The molecule has 6 heteroatoms. The van der Waals surface area contributed by atoms with Crippen molar-refractivity contribution in [3.63, 3.8) is 0 Å². The van der Waals surface area contributed by atoms with Gasteiger partial charge in [0.05, 0.1) is 15.8 Å². The highest BCUT2D eigenvalue weighted by Gasteiger charge is 2.45. The smallest absolute Gasteiger partial charge is 0.215 e. The minimum Gasteiger partial charge on any atom is -0.392 e. The Hall–Kier alpha value is -0.200. The van der Waals surface area contributed by atoms with Gasteiger partial charge >= 0.3 is 0 Å². The quantitative estimate of drug-likeness (QED) is 0.717. The Bertz CT molecular complexity index is 368. The molecule has 2 saturated carbocycles. The first-order valence-electron chi connectivity index (χ1n) is 5.29. The highest BCUT2D eigenvalue weighted by atomic mass is 32.2. The Balaban J connectivity index is 2.16. The summed E-state index contributed by atoms with van der Waals surface area (Å²) in [5.41, 5.74) is 5.04. The molecular formula is C9H16N2O2S2. The van der Waals surface area contributed by atoms with Crippen LogP contribution in [-0.2, 0) is 10.0 Å². The summed E-state index contributed by atoms with van der Waals surface area (Å²) in [4.78, 5) is 0.296. The molecule has 2 rings (SSSR count). The van der Waals surface area contributed by atoms with Gasteiger partial charge in [-0.15, -0.1) is 0 Å². The summed E-state index contributed by atoms with van der Waals surface area (Å²) in [5.74, 6) is 0. The summed E-state index contributed by atoms with van der Waals surface area (Å²) in [5, 5.41) is -0.204. The number of rotatable bonds is 4. The fourth-order valence-corrected chi connectivity index (χ4v) is 4.21. The van der Waals surface area contributed by atoms with Gasteiger partial charge in [0.15, 0.2) is 0 Å². The Morgan fingerprint density at radius 2 is 1.87 bits per heavy atom. The van der Waals surface area contributed by atoms with Crippen LogP contribution in [0.2, 0.25) is 0 Å². The molecule has 0 aromatic heterocycles. The molecule has 2 fully saturated rings. The number of hydrogen-bond acceptors (Lipinski definition) is 3. The molecule has 0 aromatic rings. The second kappa shape index (κ2) is 3.68. The van der Waals surface area contributed by atoms with Crippen LogP contribution in [0.5, 0.6) is 0 Å². The van der Waals surface area contributed by atoms with E-state index < -0.39 is 15.6 Å². The summed E-state index contributed by atoms with van der Waals surface area (Å²) in [6, 6.07) is 0. The number of sulfonamides is 1. The molecule has 0 radical (unpaired) electrons. The number of nitrogens with one attached hydrogen (secondary N) is 1. The Labute approximate surface area is 95.7 Å². The summed E-state index contributed by atoms with van der Waals surface area (Å²) in [6.45, 7) is 0. The molecular weight excluding hydrogens is 232 g/mol. The van der Waals surface area contributed by atoms with Crippen LogP contribution in [0.4, 0.5) is 0 Å². The van der Waals surface area contributed by atoms with Crippen molar-refractivity contribution >= 4 is 27.2 Å². The summed E-state index contributed by atoms with van der Waals surface area (Å²) >= 11 is 4.99. The Morgan fingerprint density at radius 1 is 1.33 bits per heavy atom. The molecule has 0 aliphatic heterocycles. The summed E-state index contributed by atoms with van der Waals surface area (Å²) in [7, 11) is -3.19. The lowest BCUT2D eigenvalue weighted by molar-refractivity contribution is 0.502. The van der Waals surface area contributed by atoms with Crippen molar-refractivity contribution in [2.24, 2.45) is 5.73 Å². The minimum absolute atomic E-state index is 0.204. The van der Waals surface area contributed by atoms with Crippen LogP contribution in [0.3, 0.4) is 0 Å². The maximum absolute atomic E-state index is 11.8. The largest absolute Gasteiger partial charge is 0.392 e. The third-order valence-corrected chi connectivity index (χ3v) is 5.64. The van der Waals surface area contributed by atoms with Crippen LogP contribution in [0, 0.1) is 0 Å². The highest BCUT2D eigenvalue weighted by molar-refractivity contribution is 7.90. The molecule has 0 bridgehead atoms. The fourth-order valence-electron chi connectivity index (χ4n) is 2.11. The molecule has 2 aliphatic rings. The lowest BCUT2D eigenvalue weighted by Crippen LogP contribution is -2.55. The van der Waals surface area contributed by atoms with Crippen molar-refractivity contribution in [1.82, 2.24) is 4.72 Å². The predicted molar refractivity (Wildman–Crippen MR) is 63.1 cm³/mol. The zero-order valence-electron chi connectivity index (χ0n) is 8.53. The normalized spacial score (nSPS) is 25.3. The molecule has 0 atom stereocenters. The number of hydrogen-bond donors (Lipinski definition) is 2. The van der Waals surface area contributed by atoms with Gasteiger partial charge in [0, 0.05) is 0 Å². The Kier molecular flexibility index (Phi) is 2.77. The van der Waals surface area contributed by atoms with Gasteiger partial charge in [0.25, 0.3) is 0 Å². The highest BCUT2D eigenvalue weighted by Crippen LogP contribution is 2.34. The van der Waals surface area contributed by atoms with E-state index in [1.807, 2.05) is 0 Å². The van der Waals surface area contributed by atoms with Crippen LogP contribution >= 0.6 is 12.2 Å². The van der Waals surface area contributed by atoms with E-state index in [1.165, 1.54) is 0 Å². The van der Waals surface area contributed by atoms with E-state index in [1.54, 1.807) is 0 Å². The zero-order valence-corrected chi connectivity index (χ0v) is 10.2. The first-order chi connectivity index (χ1) is 6.96. The molecule has 3 N–H and O–H groups in total. The standard InChI is InChI=1S/C9H16N2O2S2/c10-8(14)9(5-1-2-6-9)11-15(12,13)7-3-4-7/h7,11H,1-6H2,(H2,10,14). The van der Waals surface area contributed by atoms with Crippen LogP contribution in [-0.4, -0.2) is 24.2 Å². The van der Waals surface area contributed by atoms with E-state index in [2.05, 4.69) is 4.72 Å². The molecule has 0 amide bonds. The maximum Gasteiger partial charge on any atom is 0.215 e. The van der Waals surface area contributed by atoms with Crippen LogP contribution in [0.25, 0.3) is 0 Å². The molecule has 0 aromatic carbocycles. The molecule has 2 aliphatic carbocycles. The molecule has 0 heterocycles. The van der Waals surface area contributed by atoms with E-state index in [0.717, 1.165) is 38.5 Å². The van der Waals surface area contributed by atoms with Crippen molar-refractivity contribution in [2.75, 3.05) is 0 Å². The Morgan fingerprint density at radius 3 is 2.27 bits per heavy atom. The number of thiocarbonyl (C=S) groups is 1. The molecule has 15 heavy (non-hydrogen) atoms. The average Bonchev–Trinajstić information content (AvgIpc) is 2.89. The SMILES string of the molecule is NC(=S)C1(NS(=O)(=O)C2CC2)CCCC1. The van der Waals surface area contributed by atoms with Crippen molar-refractivity contribution in [3.8, 4) is 0 Å². The molecule has 0 saturated heterocycles. The van der Waals surface area contributed by atoms with Gasteiger partial charge in [-0.2, -0.15) is 0 Å². The lowest BCUT2D eigenvalue weighted by Gasteiger charge is -2.28. The van der Waals surface area contributed by atoms with Crippen LogP contribution in [0.15, 0.2) is 0 Å². The van der Waals surface area contributed by atoms with Crippen molar-refractivity contribution in [2.45, 2.75) is 49.3 Å². The lowest BCUT2D eigenvalue weighted by atomic mass is 10.00. The summed E-state index contributed by atoms with van der Waals surface area (Å²) < 4.78 is 26.4. The van der Waals surface area contributed by atoms with Crippen molar-refractivity contribution in [1.29, 1.82) is 0 Å². The monoisotopic (exact) mass is 248 g/mol. The van der Waals surface area contributed by atoms with Gasteiger partial charge in [-0.25, -0.2) is 13.1 Å². The van der Waals surface area contributed by atoms with E-state index in [9.17, 15) is 8.42 Å². The second-order valence-electron chi connectivity index (χ2n) is 4.50. The molecule has 0 unspecified atom stereocenters. The maximum atomic E-state index is 11.8. The predicted octanol–water partition coefficient (Wildman–Crippen LogP) is 0.667. The van der Waals surface area contributed by atoms with Crippen molar-refractivity contribution < 1.29 is 8.42 Å². The van der Waals surface area contributed by atoms with Gasteiger partial charge < -0.3 is 5.73 Å². The third kappa shape index (κ3) is 2.16. The van der Waals surface area contributed by atoms with Crippen molar-refractivity contribution in [3.05, 3.63) is 0 Å². The first-order valence-corrected chi connectivity index (χ1v) is 7.24. The zero-order chi connectivity index (χ0) is 11.1. The minimum atomic E-state index is -3.19. The van der Waals surface area contributed by atoms with Gasteiger partial charge in [-0.05, 0) is 25.7 Å². The van der Waals surface area contributed by atoms with Gasteiger partial charge in [0.2, 0.25) is 10.0 Å². The molecule has 0 spiro atoms. The fraction of sp³-hybridized carbons (Fsp3) is 0.889. The van der Waals surface area contributed by atoms with Crippen LogP contribution < -0.4 is 10.5 Å². The number of nitrogens with two attached hydrogens (primary N) is 1. The topological polar surface area (TPSA) is 72.2 Å². The molecule has 4 nitrogen and oxygen atoms in total. The molecule has 86 valence electrons. The van der Waals surface area contributed by atoms with Crippen LogP contribution in [0.1, 0.15) is 38.5 Å². The average molecular weight is 248 g/mol. The van der Waals surface area contributed by atoms with Gasteiger partial charge in [0.1, 0.15) is 0 Å². The first kappa shape index (κ1) is 11.3.